The second-order valence-electron chi connectivity index (χ2n) is 13.4. The van der Waals surface area contributed by atoms with Crippen molar-refractivity contribution in [1.29, 1.82) is 5.26 Å². The smallest absolute Gasteiger partial charge is 0.162 e. The van der Waals surface area contributed by atoms with Crippen molar-refractivity contribution in [2.45, 2.75) is 90.2 Å². The normalized spacial score (nSPS) is 38.2. The van der Waals surface area contributed by atoms with Crippen molar-refractivity contribution < 1.29 is 9.84 Å². The molecule has 2 aromatic heterocycles. The fourth-order valence-electron chi connectivity index (χ4n) is 9.73. The van der Waals surface area contributed by atoms with Crippen LogP contribution < -0.4 is 5.32 Å². The molecule has 0 bridgehead atoms. The van der Waals surface area contributed by atoms with Crippen molar-refractivity contribution >= 4 is 5.69 Å². The van der Waals surface area contributed by atoms with E-state index in [2.05, 4.69) is 41.4 Å². The maximum absolute atomic E-state index is 11.2. The van der Waals surface area contributed by atoms with Gasteiger partial charge in [0.05, 0.1) is 24.1 Å². The van der Waals surface area contributed by atoms with Crippen LogP contribution in [0, 0.1) is 52.3 Å². The van der Waals surface area contributed by atoms with Crippen LogP contribution in [0.1, 0.15) is 84.3 Å². The summed E-state index contributed by atoms with van der Waals surface area (Å²) in [5.74, 6) is 5.38. The van der Waals surface area contributed by atoms with E-state index in [1.807, 2.05) is 19.2 Å². The average molecular weight is 532 g/mol. The third-order valence-corrected chi connectivity index (χ3v) is 11.4. The number of ether oxygens (including phenoxy) is 1. The minimum absolute atomic E-state index is 0.388. The Morgan fingerprint density at radius 3 is 2.72 bits per heavy atom. The van der Waals surface area contributed by atoms with Crippen LogP contribution in [0.2, 0.25) is 0 Å². The summed E-state index contributed by atoms with van der Waals surface area (Å²) < 4.78 is 7.31. The van der Waals surface area contributed by atoms with Crippen LogP contribution in [-0.4, -0.2) is 44.7 Å². The van der Waals surface area contributed by atoms with Gasteiger partial charge in [-0.15, -0.1) is 0 Å². The van der Waals surface area contributed by atoms with E-state index < -0.39 is 5.60 Å². The van der Waals surface area contributed by atoms with Crippen molar-refractivity contribution in [1.82, 2.24) is 14.8 Å². The Hall–Kier alpha value is -2.43. The molecule has 7 nitrogen and oxygen atoms in total. The highest BCUT2D eigenvalue weighted by molar-refractivity contribution is 5.44. The minimum atomic E-state index is -0.599. The lowest BCUT2D eigenvalue weighted by molar-refractivity contribution is -0.128. The standard InChI is InChI=1S/C32H45N5O2/c1-4-39-20-32(38)15-12-25-22(17-32)5-7-27-26(25)11-14-31(3)28(8-9-29(27)31)21(2)35-24-6-10-30(34-19-24)37-16-13-23(18-33)36-37/h6,10,13,16,19,21-22,25-29,35,38H,4-5,7-9,11-12,14-15,17,20H2,1-3H3/t21-,22-,25+,26-,27-,28-,29+,31-,32-/m1/s1. The topological polar surface area (TPSA) is 96.0 Å². The minimum Gasteiger partial charge on any atom is -0.387 e. The molecular weight excluding hydrogens is 486 g/mol. The van der Waals surface area contributed by atoms with E-state index >= 15 is 0 Å². The number of nitrogens with zero attached hydrogens (tertiary/aromatic N) is 4. The van der Waals surface area contributed by atoms with Gasteiger partial charge in [0.2, 0.25) is 0 Å². The van der Waals surface area contributed by atoms with Crippen LogP contribution in [-0.2, 0) is 4.74 Å². The molecule has 9 atom stereocenters. The number of fused-ring (bicyclic) bond motifs is 5. The number of aliphatic hydroxyl groups is 1. The summed E-state index contributed by atoms with van der Waals surface area (Å²) in [4.78, 5) is 4.60. The van der Waals surface area contributed by atoms with Crippen LogP contribution >= 0.6 is 0 Å². The predicted octanol–water partition coefficient (Wildman–Crippen LogP) is 5.98. The highest BCUT2D eigenvalue weighted by atomic mass is 16.5. The Balaban J connectivity index is 1.10. The second kappa shape index (κ2) is 10.5. The van der Waals surface area contributed by atoms with Crippen molar-refractivity contribution in [2.75, 3.05) is 18.5 Å². The number of nitriles is 1. The molecule has 0 aliphatic heterocycles. The Morgan fingerprint density at radius 2 is 1.97 bits per heavy atom. The molecule has 2 N–H and O–H groups in total. The molecule has 0 unspecified atom stereocenters. The number of pyridine rings is 1. The van der Waals surface area contributed by atoms with E-state index in [4.69, 9.17) is 10.00 Å². The molecule has 7 heteroatoms. The van der Waals surface area contributed by atoms with Gasteiger partial charge in [0, 0.05) is 18.8 Å². The van der Waals surface area contributed by atoms with Crippen LogP contribution in [0.3, 0.4) is 0 Å². The first-order chi connectivity index (χ1) is 18.8. The Kier molecular flexibility index (Phi) is 7.22. The fraction of sp³-hybridized carbons (Fsp3) is 0.719. The number of aromatic nitrogens is 3. The molecule has 2 heterocycles. The first-order valence-electron chi connectivity index (χ1n) is 15.3. The largest absolute Gasteiger partial charge is 0.387 e. The monoisotopic (exact) mass is 531 g/mol. The molecule has 4 saturated carbocycles. The molecule has 0 radical (unpaired) electrons. The van der Waals surface area contributed by atoms with Crippen LogP contribution in [0.15, 0.2) is 30.6 Å². The number of hydrogen-bond acceptors (Lipinski definition) is 6. The molecule has 0 amide bonds. The maximum Gasteiger partial charge on any atom is 0.162 e. The van der Waals surface area contributed by atoms with E-state index in [9.17, 15) is 5.11 Å². The zero-order valence-corrected chi connectivity index (χ0v) is 23.9. The fourth-order valence-corrected chi connectivity index (χ4v) is 9.73. The van der Waals surface area contributed by atoms with E-state index in [0.29, 0.717) is 42.2 Å². The quantitative estimate of drug-likeness (QED) is 0.457. The molecule has 2 aromatic rings. The van der Waals surface area contributed by atoms with E-state index in [1.54, 1.807) is 16.9 Å². The summed E-state index contributed by atoms with van der Waals surface area (Å²) in [5, 5.41) is 28.3. The van der Waals surface area contributed by atoms with E-state index in [-0.39, 0.29) is 0 Å². The summed E-state index contributed by atoms with van der Waals surface area (Å²) in [6.07, 6.45) is 14.7. The van der Waals surface area contributed by atoms with Gasteiger partial charge in [-0.2, -0.15) is 10.4 Å². The highest BCUT2D eigenvalue weighted by Crippen LogP contribution is 2.65. The summed E-state index contributed by atoms with van der Waals surface area (Å²) in [6, 6.07) is 8.20. The lowest BCUT2D eigenvalue weighted by atomic mass is 9.48. The van der Waals surface area contributed by atoms with Crippen molar-refractivity contribution in [2.24, 2.45) is 40.9 Å². The Morgan fingerprint density at radius 1 is 1.13 bits per heavy atom. The summed E-state index contributed by atoms with van der Waals surface area (Å²) in [6.45, 7) is 8.18. The second-order valence-corrected chi connectivity index (χ2v) is 13.4. The lowest BCUT2D eigenvalue weighted by Crippen LogP contribution is -2.52. The summed E-state index contributed by atoms with van der Waals surface area (Å²) in [5.41, 5.74) is 1.23. The van der Waals surface area contributed by atoms with Crippen molar-refractivity contribution in [3.8, 4) is 11.9 Å². The summed E-state index contributed by atoms with van der Waals surface area (Å²) >= 11 is 0. The number of hydrogen-bond donors (Lipinski definition) is 2. The molecule has 39 heavy (non-hydrogen) atoms. The molecule has 0 saturated heterocycles. The third-order valence-electron chi connectivity index (χ3n) is 11.4. The predicted molar refractivity (Wildman–Crippen MR) is 151 cm³/mol. The number of anilines is 1. The van der Waals surface area contributed by atoms with Crippen molar-refractivity contribution in [3.05, 3.63) is 36.3 Å². The highest BCUT2D eigenvalue weighted by Gasteiger charge is 2.58. The first kappa shape index (κ1) is 26.8. The molecule has 4 aliphatic carbocycles. The lowest BCUT2D eigenvalue weighted by Gasteiger charge is -2.57. The van der Waals surface area contributed by atoms with Gasteiger partial charge in [-0.05, 0) is 131 Å². The third kappa shape index (κ3) is 4.89. The Bertz CT molecular complexity index is 1190. The average Bonchev–Trinajstić information content (AvgIpc) is 3.56. The van der Waals surface area contributed by atoms with Gasteiger partial charge in [0.15, 0.2) is 11.5 Å². The molecular formula is C32H45N5O2. The van der Waals surface area contributed by atoms with E-state index in [0.717, 1.165) is 48.0 Å². The van der Waals surface area contributed by atoms with Gasteiger partial charge in [0.25, 0.3) is 0 Å². The molecule has 4 fully saturated rings. The maximum atomic E-state index is 11.2. The Labute approximate surface area is 233 Å². The van der Waals surface area contributed by atoms with Gasteiger partial charge < -0.3 is 15.2 Å². The van der Waals surface area contributed by atoms with Gasteiger partial charge in [-0.1, -0.05) is 6.92 Å². The zero-order valence-electron chi connectivity index (χ0n) is 23.9. The zero-order chi connectivity index (χ0) is 27.2. The van der Waals surface area contributed by atoms with Gasteiger partial charge in [-0.3, -0.25) is 0 Å². The van der Waals surface area contributed by atoms with E-state index in [1.165, 1.54) is 44.9 Å². The molecule has 6 rings (SSSR count). The molecule has 210 valence electrons. The molecule has 0 aromatic carbocycles. The molecule has 0 spiro atoms. The number of rotatable bonds is 7. The van der Waals surface area contributed by atoms with Crippen molar-refractivity contribution in [3.63, 3.8) is 0 Å². The number of nitrogens with one attached hydrogen (secondary N) is 1. The first-order valence-corrected chi connectivity index (χ1v) is 15.3. The van der Waals surface area contributed by atoms with Crippen LogP contribution in [0.4, 0.5) is 5.69 Å². The van der Waals surface area contributed by atoms with Gasteiger partial charge in [0.1, 0.15) is 6.07 Å². The van der Waals surface area contributed by atoms with Gasteiger partial charge >= 0.3 is 0 Å². The SMILES string of the molecule is CCOC[C@@]1(O)CC[C@H]2[C@H](CC[C@@H]3[C@@H]2CC[C@]2(C)[C@@H]([C@@H](C)Nc4ccc(-n5ccc(C#N)n5)nc4)CC[C@@H]32)C1. The van der Waals surface area contributed by atoms with Gasteiger partial charge in [-0.25, -0.2) is 9.67 Å². The summed E-state index contributed by atoms with van der Waals surface area (Å²) in [7, 11) is 0. The van der Waals surface area contributed by atoms with Crippen LogP contribution in [0.25, 0.3) is 5.82 Å². The molecule has 4 aliphatic rings. The van der Waals surface area contributed by atoms with Crippen LogP contribution in [0.5, 0.6) is 0 Å².